The summed E-state index contributed by atoms with van der Waals surface area (Å²) in [5, 5.41) is 16.0. The van der Waals surface area contributed by atoms with Crippen LogP contribution in [0.5, 0.6) is 0 Å². The molecule has 0 aliphatic rings. The largest absolute Gasteiger partial charge is 0.282 e. The number of nitrogens with one attached hydrogen (secondary N) is 1. The quantitative estimate of drug-likeness (QED) is 0.219. The molecule has 5 rings (SSSR count). The molecule has 0 atom stereocenters. The Morgan fingerprint density at radius 3 is 2.63 bits per heavy atom. The van der Waals surface area contributed by atoms with Gasteiger partial charge in [0.2, 0.25) is 4.80 Å². The Bertz CT molecular complexity index is 1520. The van der Waals surface area contributed by atoms with Crippen molar-refractivity contribution in [2.24, 2.45) is 5.10 Å². The summed E-state index contributed by atoms with van der Waals surface area (Å²) in [6.07, 6.45) is 1.71. The molecule has 0 fully saturated rings. The standard InChI is InChI=1S/C24H17ClN6OS3/c25-17-10-4-5-12-19(17)31-20(16-8-2-1-3-9-16)14-33-23(31)29-27-21(32)15-34-24-30-28-22(35-24)18-11-6-7-13-26-18/h1-14H,15H2,(H,27,32)/b29-23-. The van der Waals surface area contributed by atoms with E-state index >= 15 is 0 Å². The monoisotopic (exact) mass is 536 g/mol. The molecule has 7 nitrogen and oxygen atoms in total. The first-order valence-electron chi connectivity index (χ1n) is 10.4. The highest BCUT2D eigenvalue weighted by atomic mass is 35.5. The molecular formula is C24H17ClN6OS3. The Morgan fingerprint density at radius 1 is 1.03 bits per heavy atom. The summed E-state index contributed by atoms with van der Waals surface area (Å²) in [6, 6.07) is 23.1. The van der Waals surface area contributed by atoms with E-state index < -0.39 is 0 Å². The molecule has 0 aliphatic heterocycles. The number of thiazole rings is 1. The predicted octanol–water partition coefficient (Wildman–Crippen LogP) is 5.50. The van der Waals surface area contributed by atoms with Crippen LogP contribution in [-0.4, -0.2) is 31.4 Å². The number of carbonyl (C=O) groups is 1. The number of hydrogen-bond acceptors (Lipinski definition) is 8. The maximum Gasteiger partial charge on any atom is 0.250 e. The van der Waals surface area contributed by atoms with E-state index in [0.717, 1.165) is 22.6 Å². The van der Waals surface area contributed by atoms with Crippen molar-refractivity contribution < 1.29 is 4.79 Å². The number of carbonyl (C=O) groups excluding carboxylic acids is 1. The van der Waals surface area contributed by atoms with Crippen LogP contribution in [0.1, 0.15) is 0 Å². The van der Waals surface area contributed by atoms with E-state index in [0.29, 0.717) is 19.2 Å². The molecule has 1 N–H and O–H groups in total. The maximum absolute atomic E-state index is 12.5. The normalized spacial score (nSPS) is 11.5. The van der Waals surface area contributed by atoms with Gasteiger partial charge in [-0.3, -0.25) is 14.3 Å². The van der Waals surface area contributed by atoms with Crippen LogP contribution < -0.4 is 10.2 Å². The van der Waals surface area contributed by atoms with Crippen LogP contribution in [0.25, 0.3) is 27.6 Å². The summed E-state index contributed by atoms with van der Waals surface area (Å²) >= 11 is 10.6. The molecule has 0 saturated carbocycles. The topological polar surface area (TPSA) is 85.1 Å². The summed E-state index contributed by atoms with van der Waals surface area (Å²) in [5.74, 6) is -0.0893. The van der Waals surface area contributed by atoms with Crippen molar-refractivity contribution in [3.05, 3.63) is 94.2 Å². The number of hydrogen-bond donors (Lipinski definition) is 1. The zero-order chi connectivity index (χ0) is 24.0. The van der Waals surface area contributed by atoms with Crippen molar-refractivity contribution >= 4 is 51.9 Å². The van der Waals surface area contributed by atoms with Crippen molar-refractivity contribution in [2.45, 2.75) is 4.34 Å². The van der Waals surface area contributed by atoms with E-state index in [4.69, 9.17) is 11.6 Å². The molecule has 3 aromatic heterocycles. The van der Waals surface area contributed by atoms with Crippen molar-refractivity contribution in [1.82, 2.24) is 25.2 Å². The Hall–Kier alpha value is -3.31. The molecule has 0 saturated heterocycles. The third-order valence-corrected chi connectivity index (χ3v) is 7.99. The molecule has 0 radical (unpaired) electrons. The van der Waals surface area contributed by atoms with E-state index in [1.807, 2.05) is 82.7 Å². The smallest absolute Gasteiger partial charge is 0.250 e. The van der Waals surface area contributed by atoms with Crippen LogP contribution >= 0.6 is 46.0 Å². The van der Waals surface area contributed by atoms with Crippen LogP contribution in [0.2, 0.25) is 5.02 Å². The maximum atomic E-state index is 12.5. The average molecular weight is 537 g/mol. The molecule has 0 aliphatic carbocycles. The second-order valence-electron chi connectivity index (χ2n) is 7.08. The lowest BCUT2D eigenvalue weighted by Gasteiger charge is -2.11. The molecule has 1 amide bonds. The lowest BCUT2D eigenvalue weighted by atomic mass is 10.1. The van der Waals surface area contributed by atoms with Crippen molar-refractivity contribution in [1.29, 1.82) is 0 Å². The Morgan fingerprint density at radius 2 is 1.83 bits per heavy atom. The van der Waals surface area contributed by atoms with Gasteiger partial charge < -0.3 is 0 Å². The molecule has 2 aromatic carbocycles. The van der Waals surface area contributed by atoms with Gasteiger partial charge in [-0.2, -0.15) is 0 Å². The lowest BCUT2D eigenvalue weighted by Crippen LogP contribution is -2.25. The molecule has 0 spiro atoms. The van der Waals surface area contributed by atoms with Crippen LogP contribution in [0, 0.1) is 0 Å². The van der Waals surface area contributed by atoms with Gasteiger partial charge in [0.15, 0.2) is 9.35 Å². The summed E-state index contributed by atoms with van der Waals surface area (Å²) in [4.78, 5) is 17.4. The highest BCUT2D eigenvalue weighted by molar-refractivity contribution is 8.01. The molecule has 3 heterocycles. The van der Waals surface area contributed by atoms with Gasteiger partial charge >= 0.3 is 0 Å². The van der Waals surface area contributed by atoms with Gasteiger partial charge in [0.1, 0.15) is 5.69 Å². The van der Waals surface area contributed by atoms with E-state index in [1.165, 1.54) is 34.4 Å². The summed E-state index contributed by atoms with van der Waals surface area (Å²) < 4.78 is 2.63. The molecule has 5 aromatic rings. The van der Waals surface area contributed by atoms with Crippen molar-refractivity contribution in [3.63, 3.8) is 0 Å². The fraction of sp³-hybridized carbons (Fsp3) is 0.0417. The van der Waals surface area contributed by atoms with E-state index in [2.05, 4.69) is 25.7 Å². The summed E-state index contributed by atoms with van der Waals surface area (Å²) in [6.45, 7) is 0. The van der Waals surface area contributed by atoms with Gasteiger partial charge in [0, 0.05) is 11.6 Å². The zero-order valence-electron chi connectivity index (χ0n) is 18.0. The van der Waals surface area contributed by atoms with Gasteiger partial charge in [0.05, 0.1) is 22.2 Å². The van der Waals surface area contributed by atoms with Gasteiger partial charge in [-0.15, -0.1) is 26.6 Å². The van der Waals surface area contributed by atoms with Gasteiger partial charge in [-0.1, -0.05) is 83.2 Å². The third kappa shape index (κ3) is 5.51. The van der Waals surface area contributed by atoms with Gasteiger partial charge in [-0.05, 0) is 29.8 Å². The summed E-state index contributed by atoms with van der Waals surface area (Å²) in [5.41, 5.74) is 6.15. The second-order valence-corrected chi connectivity index (χ2v) is 10.5. The van der Waals surface area contributed by atoms with Crippen LogP contribution in [0.4, 0.5) is 0 Å². The van der Waals surface area contributed by atoms with Gasteiger partial charge in [-0.25, -0.2) is 5.43 Å². The second kappa shape index (κ2) is 11.0. The first kappa shape index (κ1) is 23.4. The van der Waals surface area contributed by atoms with Crippen molar-refractivity contribution in [3.8, 4) is 27.6 Å². The Kier molecular flexibility index (Phi) is 7.34. The number of halogens is 1. The molecule has 0 unspecified atom stereocenters. The third-order valence-electron chi connectivity index (χ3n) is 4.76. The van der Waals surface area contributed by atoms with Crippen LogP contribution in [0.3, 0.4) is 0 Å². The highest BCUT2D eigenvalue weighted by Gasteiger charge is 2.14. The number of thioether (sulfide) groups is 1. The van der Waals surface area contributed by atoms with Crippen LogP contribution in [0.15, 0.2) is 93.8 Å². The lowest BCUT2D eigenvalue weighted by molar-refractivity contribution is -0.118. The fourth-order valence-corrected chi connectivity index (χ4v) is 5.90. The first-order valence-corrected chi connectivity index (χ1v) is 13.5. The predicted molar refractivity (Wildman–Crippen MR) is 142 cm³/mol. The number of pyridine rings is 1. The Labute approximate surface area is 218 Å². The zero-order valence-corrected chi connectivity index (χ0v) is 21.2. The molecule has 0 bridgehead atoms. The number of benzene rings is 2. The number of para-hydroxylation sites is 1. The van der Waals surface area contributed by atoms with E-state index in [-0.39, 0.29) is 11.7 Å². The van der Waals surface area contributed by atoms with Crippen molar-refractivity contribution in [2.75, 3.05) is 5.75 Å². The molecular weight excluding hydrogens is 520 g/mol. The SMILES string of the molecule is O=C(CSc1nnc(-c2ccccn2)s1)N/N=c1\scc(-c2ccccc2)n1-c1ccccc1Cl. The number of aromatic nitrogens is 4. The minimum atomic E-state index is -0.245. The van der Waals surface area contributed by atoms with E-state index in [9.17, 15) is 4.79 Å². The number of amides is 1. The number of nitrogens with zero attached hydrogens (tertiary/aromatic N) is 5. The fourth-order valence-electron chi connectivity index (χ4n) is 3.20. The van der Waals surface area contributed by atoms with Crippen LogP contribution in [-0.2, 0) is 4.79 Å². The minimum absolute atomic E-state index is 0.156. The minimum Gasteiger partial charge on any atom is -0.282 e. The number of rotatable bonds is 7. The Balaban J connectivity index is 1.34. The first-order chi connectivity index (χ1) is 17.2. The molecule has 174 valence electrons. The summed E-state index contributed by atoms with van der Waals surface area (Å²) in [7, 11) is 0. The molecule has 11 heteroatoms. The van der Waals surface area contributed by atoms with Gasteiger partial charge in [0.25, 0.3) is 5.91 Å². The highest BCUT2D eigenvalue weighted by Crippen LogP contribution is 2.28. The molecule has 35 heavy (non-hydrogen) atoms. The van der Waals surface area contributed by atoms with E-state index in [1.54, 1.807) is 6.20 Å². The average Bonchev–Trinajstić information content (AvgIpc) is 3.55.